The highest BCUT2D eigenvalue weighted by molar-refractivity contribution is 8.00. The van der Waals surface area contributed by atoms with Crippen molar-refractivity contribution in [2.75, 3.05) is 23.7 Å². The summed E-state index contributed by atoms with van der Waals surface area (Å²) in [6.07, 6.45) is 2.03. The van der Waals surface area contributed by atoms with E-state index in [2.05, 4.69) is 11.4 Å². The van der Waals surface area contributed by atoms with Crippen molar-refractivity contribution in [3.05, 3.63) is 46.7 Å². The van der Waals surface area contributed by atoms with Gasteiger partial charge < -0.3 is 9.80 Å². The number of likely N-dealkylation sites (tertiary alicyclic amines) is 1. The summed E-state index contributed by atoms with van der Waals surface area (Å²) >= 11 is 3.24. The first-order chi connectivity index (χ1) is 11.7. The lowest BCUT2D eigenvalue weighted by Crippen LogP contribution is -2.44. The van der Waals surface area contributed by atoms with Crippen LogP contribution in [0, 0.1) is 0 Å². The molecule has 0 bridgehead atoms. The summed E-state index contributed by atoms with van der Waals surface area (Å²) < 4.78 is 0. The van der Waals surface area contributed by atoms with Crippen LogP contribution in [0.2, 0.25) is 0 Å². The molecule has 1 aromatic heterocycles. The fraction of sp³-hybridized carbons (Fsp3) is 0.333. The predicted molar refractivity (Wildman–Crippen MR) is 97.5 cm³/mol. The number of benzene rings is 1. The molecular weight excluding hydrogens is 340 g/mol. The third kappa shape index (κ3) is 2.84. The molecule has 2 amide bonds. The summed E-state index contributed by atoms with van der Waals surface area (Å²) in [5.74, 6) is 0.457. The molecule has 3 heterocycles. The first kappa shape index (κ1) is 15.7. The molecule has 1 atom stereocenters. The average molecular weight is 358 g/mol. The van der Waals surface area contributed by atoms with Crippen molar-refractivity contribution >= 4 is 40.6 Å². The van der Waals surface area contributed by atoms with Crippen LogP contribution in [0.15, 0.2) is 46.7 Å². The monoisotopic (exact) mass is 358 g/mol. The lowest BCUT2D eigenvalue weighted by molar-refractivity contribution is -0.132. The number of amides is 2. The molecule has 0 radical (unpaired) electrons. The van der Waals surface area contributed by atoms with E-state index < -0.39 is 0 Å². The zero-order valence-electron chi connectivity index (χ0n) is 13.2. The lowest BCUT2D eigenvalue weighted by Gasteiger charge is -2.31. The molecule has 1 aromatic carbocycles. The molecule has 0 N–H and O–H groups in total. The molecule has 0 saturated carbocycles. The topological polar surface area (TPSA) is 40.6 Å². The molecule has 24 heavy (non-hydrogen) atoms. The minimum absolute atomic E-state index is 0.0129. The first-order valence-corrected chi connectivity index (χ1v) is 9.95. The van der Waals surface area contributed by atoms with E-state index in [0.29, 0.717) is 5.75 Å². The van der Waals surface area contributed by atoms with E-state index in [1.807, 2.05) is 35.2 Å². The van der Waals surface area contributed by atoms with Crippen LogP contribution < -0.4 is 4.90 Å². The smallest absolute Gasteiger partial charge is 0.243 e. The second-order valence-electron chi connectivity index (χ2n) is 6.00. The molecule has 6 heteroatoms. The van der Waals surface area contributed by atoms with Gasteiger partial charge in [-0.2, -0.15) is 0 Å². The minimum Gasteiger partial charge on any atom is -0.333 e. The van der Waals surface area contributed by atoms with Gasteiger partial charge >= 0.3 is 0 Å². The van der Waals surface area contributed by atoms with E-state index >= 15 is 0 Å². The van der Waals surface area contributed by atoms with Crippen LogP contribution in [0.25, 0.3) is 0 Å². The molecule has 2 aromatic rings. The molecule has 0 aliphatic carbocycles. The Morgan fingerprint density at radius 2 is 2.08 bits per heavy atom. The molecule has 0 spiro atoms. The van der Waals surface area contributed by atoms with E-state index in [0.717, 1.165) is 30.0 Å². The molecule has 1 unspecified atom stereocenters. The van der Waals surface area contributed by atoms with Gasteiger partial charge in [0.2, 0.25) is 11.8 Å². The molecular formula is C18H18N2O2S2. The Morgan fingerprint density at radius 3 is 2.92 bits per heavy atom. The summed E-state index contributed by atoms with van der Waals surface area (Å²) in [4.78, 5) is 31.2. The molecule has 4 rings (SSSR count). The molecule has 2 aliphatic heterocycles. The van der Waals surface area contributed by atoms with Gasteiger partial charge in [-0.05, 0) is 36.4 Å². The van der Waals surface area contributed by atoms with Crippen molar-refractivity contribution < 1.29 is 9.59 Å². The largest absolute Gasteiger partial charge is 0.333 e. The second kappa shape index (κ2) is 6.61. The van der Waals surface area contributed by atoms with Gasteiger partial charge in [-0.25, -0.2) is 0 Å². The Kier molecular flexibility index (Phi) is 4.33. The lowest BCUT2D eigenvalue weighted by atomic mass is 10.2. The highest BCUT2D eigenvalue weighted by Crippen LogP contribution is 2.37. The van der Waals surface area contributed by atoms with Crippen LogP contribution >= 0.6 is 23.1 Å². The Hall–Kier alpha value is -1.79. The predicted octanol–water partition coefficient (Wildman–Crippen LogP) is 3.55. The van der Waals surface area contributed by atoms with Crippen molar-refractivity contribution in [1.29, 1.82) is 0 Å². The average Bonchev–Trinajstić information content (AvgIpc) is 3.28. The number of nitrogens with zero attached hydrogens (tertiary/aromatic N) is 2. The quantitative estimate of drug-likeness (QED) is 0.842. The molecule has 124 valence electrons. The van der Waals surface area contributed by atoms with E-state index in [1.54, 1.807) is 28.0 Å². The highest BCUT2D eigenvalue weighted by atomic mass is 32.2. The van der Waals surface area contributed by atoms with Crippen molar-refractivity contribution in [2.24, 2.45) is 0 Å². The van der Waals surface area contributed by atoms with Gasteiger partial charge in [0, 0.05) is 16.3 Å². The standard InChI is InChI=1S/C18H18N2O2S2/c21-17(19-9-3-6-13(19)15-8-4-10-23-15)11-20-14-5-1-2-7-16(14)24-12-18(20)22/h1-2,4-5,7-8,10,13H,3,6,9,11-12H2. The number of para-hydroxylation sites is 1. The molecule has 4 nitrogen and oxygen atoms in total. The fourth-order valence-corrected chi connectivity index (χ4v) is 5.20. The normalized spacial score (nSPS) is 20.3. The van der Waals surface area contributed by atoms with Gasteiger partial charge in [0.1, 0.15) is 6.54 Å². The van der Waals surface area contributed by atoms with Crippen molar-refractivity contribution in [2.45, 2.75) is 23.8 Å². The van der Waals surface area contributed by atoms with E-state index in [1.165, 1.54) is 4.88 Å². The van der Waals surface area contributed by atoms with E-state index in [-0.39, 0.29) is 24.4 Å². The number of thiophene rings is 1. The number of fused-ring (bicyclic) bond motifs is 1. The minimum atomic E-state index is 0.0129. The van der Waals surface area contributed by atoms with Gasteiger partial charge in [-0.1, -0.05) is 18.2 Å². The summed E-state index contributed by atoms with van der Waals surface area (Å²) in [7, 11) is 0. The number of rotatable bonds is 3. The maximum absolute atomic E-state index is 12.9. The Bertz CT molecular complexity index is 760. The number of carbonyl (C=O) groups excluding carboxylic acids is 2. The van der Waals surface area contributed by atoms with Gasteiger partial charge in [0.15, 0.2) is 0 Å². The molecule has 1 fully saturated rings. The van der Waals surface area contributed by atoms with Gasteiger partial charge in [0.05, 0.1) is 17.5 Å². The summed E-state index contributed by atoms with van der Waals surface area (Å²) in [6.45, 7) is 0.915. The summed E-state index contributed by atoms with van der Waals surface area (Å²) in [6, 6.07) is 12.1. The summed E-state index contributed by atoms with van der Waals surface area (Å²) in [5.41, 5.74) is 0.860. The second-order valence-corrected chi connectivity index (χ2v) is 7.99. The van der Waals surface area contributed by atoms with Crippen LogP contribution in [0.1, 0.15) is 23.8 Å². The van der Waals surface area contributed by atoms with Crippen LogP contribution in [0.5, 0.6) is 0 Å². The van der Waals surface area contributed by atoms with E-state index in [4.69, 9.17) is 0 Å². The number of hydrogen-bond donors (Lipinski definition) is 0. The zero-order chi connectivity index (χ0) is 16.5. The Balaban J connectivity index is 1.55. The third-order valence-corrected chi connectivity index (χ3v) is 6.57. The van der Waals surface area contributed by atoms with Crippen molar-refractivity contribution in [3.8, 4) is 0 Å². The Morgan fingerprint density at radius 1 is 1.21 bits per heavy atom. The van der Waals surface area contributed by atoms with Crippen LogP contribution in [0.3, 0.4) is 0 Å². The maximum Gasteiger partial charge on any atom is 0.243 e. The fourth-order valence-electron chi connectivity index (χ4n) is 3.40. The first-order valence-electron chi connectivity index (χ1n) is 8.09. The molecule has 2 aliphatic rings. The Labute approximate surface area is 149 Å². The number of hydrogen-bond acceptors (Lipinski definition) is 4. The summed E-state index contributed by atoms with van der Waals surface area (Å²) in [5, 5.41) is 2.05. The van der Waals surface area contributed by atoms with Gasteiger partial charge in [-0.3, -0.25) is 9.59 Å². The number of carbonyl (C=O) groups is 2. The van der Waals surface area contributed by atoms with E-state index in [9.17, 15) is 9.59 Å². The highest BCUT2D eigenvalue weighted by Gasteiger charge is 2.33. The van der Waals surface area contributed by atoms with Crippen LogP contribution in [0.4, 0.5) is 5.69 Å². The molecule has 1 saturated heterocycles. The number of anilines is 1. The SMILES string of the molecule is O=C1CSc2ccccc2N1CC(=O)N1CCCC1c1cccs1. The zero-order valence-corrected chi connectivity index (χ0v) is 14.8. The number of thioether (sulfide) groups is 1. The van der Waals surface area contributed by atoms with Crippen molar-refractivity contribution in [3.63, 3.8) is 0 Å². The maximum atomic E-state index is 12.9. The van der Waals surface area contributed by atoms with Crippen molar-refractivity contribution in [1.82, 2.24) is 4.90 Å². The van der Waals surface area contributed by atoms with Crippen LogP contribution in [-0.2, 0) is 9.59 Å². The third-order valence-electron chi connectivity index (χ3n) is 4.55. The van der Waals surface area contributed by atoms with Gasteiger partial charge in [0.25, 0.3) is 0 Å². The van der Waals surface area contributed by atoms with Gasteiger partial charge in [-0.15, -0.1) is 23.1 Å². The van der Waals surface area contributed by atoms with Crippen LogP contribution in [-0.4, -0.2) is 35.6 Å².